The predicted molar refractivity (Wildman–Crippen MR) is 111 cm³/mol. The number of anilines is 1. The molecular weight excluding hydrogens is 366 g/mol. The first-order valence-electron chi connectivity index (χ1n) is 9.60. The van der Waals surface area contributed by atoms with Crippen LogP contribution in [0.3, 0.4) is 0 Å². The molecule has 5 nitrogen and oxygen atoms in total. The van der Waals surface area contributed by atoms with Crippen molar-refractivity contribution in [3.63, 3.8) is 0 Å². The van der Waals surface area contributed by atoms with Gasteiger partial charge in [0.05, 0.1) is 11.6 Å². The molecule has 0 spiro atoms. The molecule has 27 heavy (non-hydrogen) atoms. The van der Waals surface area contributed by atoms with Crippen LogP contribution in [0.2, 0.25) is 5.02 Å². The van der Waals surface area contributed by atoms with Crippen molar-refractivity contribution in [1.82, 2.24) is 0 Å². The minimum atomic E-state index is -0.850. The molecule has 0 aliphatic rings. The van der Waals surface area contributed by atoms with Gasteiger partial charge in [0.15, 0.2) is 0 Å². The highest BCUT2D eigenvalue weighted by Gasteiger charge is 2.40. The number of carbonyl (C=O) groups excluding carboxylic acids is 1. The van der Waals surface area contributed by atoms with E-state index >= 15 is 0 Å². The number of nitrogens with one attached hydrogen (secondary N) is 1. The normalized spacial score (nSPS) is 11.9. The van der Waals surface area contributed by atoms with Crippen molar-refractivity contribution < 1.29 is 19.0 Å². The van der Waals surface area contributed by atoms with E-state index in [-0.39, 0.29) is 5.91 Å². The number of carbonyl (C=O) groups is 1. The van der Waals surface area contributed by atoms with Crippen LogP contribution in [0.1, 0.15) is 47.5 Å². The quantitative estimate of drug-likeness (QED) is 0.492. The van der Waals surface area contributed by atoms with Crippen molar-refractivity contribution in [1.29, 1.82) is 0 Å². The van der Waals surface area contributed by atoms with Gasteiger partial charge in [-0.1, -0.05) is 39.3 Å². The van der Waals surface area contributed by atoms with Gasteiger partial charge in [-0.05, 0) is 49.8 Å². The molecular formula is C21H34ClNO4. The van der Waals surface area contributed by atoms with Crippen molar-refractivity contribution in [2.75, 3.05) is 32.2 Å². The summed E-state index contributed by atoms with van der Waals surface area (Å²) < 4.78 is 16.5. The van der Waals surface area contributed by atoms with Gasteiger partial charge >= 0.3 is 0 Å². The van der Waals surface area contributed by atoms with E-state index in [0.717, 1.165) is 0 Å². The first-order valence-corrected chi connectivity index (χ1v) is 9.98. The lowest BCUT2D eigenvalue weighted by Crippen LogP contribution is -2.47. The molecule has 0 radical (unpaired) electrons. The monoisotopic (exact) mass is 399 g/mol. The number of ether oxygens (including phenoxy) is 3. The van der Waals surface area contributed by atoms with E-state index in [1.54, 1.807) is 25.3 Å². The SMILES string of the molecule is CCOC(CC(C)C)(CC(C)C)C(=O)Nc1ccc(OCCOC)c(Cl)c1. The largest absolute Gasteiger partial charge is 0.490 e. The Balaban J connectivity index is 2.97. The zero-order valence-electron chi connectivity index (χ0n) is 17.4. The average molecular weight is 400 g/mol. The average Bonchev–Trinajstić information content (AvgIpc) is 2.56. The molecule has 0 saturated carbocycles. The van der Waals surface area contributed by atoms with Crippen LogP contribution >= 0.6 is 11.6 Å². The lowest BCUT2D eigenvalue weighted by atomic mass is 9.83. The van der Waals surface area contributed by atoms with Gasteiger partial charge in [-0.15, -0.1) is 0 Å². The van der Waals surface area contributed by atoms with Crippen molar-refractivity contribution >= 4 is 23.2 Å². The first-order chi connectivity index (χ1) is 12.7. The maximum atomic E-state index is 13.2. The van der Waals surface area contributed by atoms with Crippen molar-refractivity contribution in [2.24, 2.45) is 11.8 Å². The van der Waals surface area contributed by atoms with Crippen LogP contribution in [0.25, 0.3) is 0 Å². The fourth-order valence-corrected chi connectivity index (χ4v) is 3.46. The standard InChI is InChI=1S/C21H34ClNO4/c1-7-27-21(13-15(2)3,14-16(4)5)20(24)23-17-8-9-19(18(22)12-17)26-11-10-25-6/h8-9,12,15-16H,7,10-11,13-14H2,1-6H3,(H,23,24). The number of hydrogen-bond acceptors (Lipinski definition) is 4. The second kappa shape index (κ2) is 11.5. The Labute approximate surface area is 168 Å². The van der Waals surface area contributed by atoms with E-state index in [9.17, 15) is 4.79 Å². The van der Waals surface area contributed by atoms with Crippen LogP contribution in [0.5, 0.6) is 5.75 Å². The van der Waals surface area contributed by atoms with E-state index in [1.807, 2.05) is 6.92 Å². The summed E-state index contributed by atoms with van der Waals surface area (Å²) in [6.45, 7) is 11.7. The fraction of sp³-hybridized carbons (Fsp3) is 0.667. The van der Waals surface area contributed by atoms with Gasteiger partial charge in [0, 0.05) is 19.4 Å². The van der Waals surface area contributed by atoms with E-state index in [2.05, 4.69) is 33.0 Å². The van der Waals surface area contributed by atoms with Crippen molar-refractivity contribution in [3.8, 4) is 5.75 Å². The van der Waals surface area contributed by atoms with Gasteiger partial charge in [-0.25, -0.2) is 0 Å². The molecule has 0 heterocycles. The fourth-order valence-electron chi connectivity index (χ4n) is 3.22. The highest BCUT2D eigenvalue weighted by atomic mass is 35.5. The second-order valence-electron chi connectivity index (χ2n) is 7.56. The van der Waals surface area contributed by atoms with Crippen LogP contribution in [-0.4, -0.2) is 38.4 Å². The van der Waals surface area contributed by atoms with Crippen LogP contribution < -0.4 is 10.1 Å². The maximum Gasteiger partial charge on any atom is 0.256 e. The molecule has 0 fully saturated rings. The number of hydrogen-bond donors (Lipinski definition) is 1. The maximum absolute atomic E-state index is 13.2. The number of amides is 1. The van der Waals surface area contributed by atoms with Gasteiger partial charge < -0.3 is 19.5 Å². The molecule has 0 atom stereocenters. The molecule has 154 valence electrons. The summed E-state index contributed by atoms with van der Waals surface area (Å²) in [6.07, 6.45) is 1.33. The van der Waals surface area contributed by atoms with E-state index in [0.29, 0.717) is 61.0 Å². The summed E-state index contributed by atoms with van der Waals surface area (Å²) in [4.78, 5) is 13.2. The smallest absolute Gasteiger partial charge is 0.256 e. The number of rotatable bonds is 12. The van der Waals surface area contributed by atoms with Crippen LogP contribution in [0.15, 0.2) is 18.2 Å². The van der Waals surface area contributed by atoms with Crippen molar-refractivity contribution in [2.45, 2.75) is 53.1 Å². The van der Waals surface area contributed by atoms with Gasteiger partial charge in [-0.2, -0.15) is 0 Å². The molecule has 1 amide bonds. The molecule has 1 aromatic carbocycles. The lowest BCUT2D eigenvalue weighted by Gasteiger charge is -2.35. The Morgan fingerprint density at radius 2 is 1.78 bits per heavy atom. The third kappa shape index (κ3) is 7.68. The molecule has 1 rings (SSSR count). The van der Waals surface area contributed by atoms with E-state index in [1.165, 1.54) is 0 Å². The molecule has 1 N–H and O–H groups in total. The topological polar surface area (TPSA) is 56.8 Å². The van der Waals surface area contributed by atoms with E-state index < -0.39 is 5.60 Å². The molecule has 1 aromatic rings. The second-order valence-corrected chi connectivity index (χ2v) is 7.97. The molecule has 6 heteroatoms. The summed E-state index contributed by atoms with van der Waals surface area (Å²) in [5, 5.41) is 3.43. The van der Waals surface area contributed by atoms with Gasteiger partial charge in [0.25, 0.3) is 5.91 Å². The highest BCUT2D eigenvalue weighted by Crippen LogP contribution is 2.32. The van der Waals surface area contributed by atoms with Gasteiger partial charge in [-0.3, -0.25) is 4.79 Å². The first kappa shape index (κ1) is 23.7. The summed E-state index contributed by atoms with van der Waals surface area (Å²) in [5.74, 6) is 1.10. The molecule has 0 aliphatic heterocycles. The highest BCUT2D eigenvalue weighted by molar-refractivity contribution is 6.32. The minimum Gasteiger partial charge on any atom is -0.490 e. The molecule has 0 saturated heterocycles. The Morgan fingerprint density at radius 1 is 1.15 bits per heavy atom. The summed E-state index contributed by atoms with van der Waals surface area (Å²) in [7, 11) is 1.61. The summed E-state index contributed by atoms with van der Waals surface area (Å²) >= 11 is 6.29. The number of benzene rings is 1. The third-order valence-corrected chi connectivity index (χ3v) is 4.34. The van der Waals surface area contributed by atoms with Crippen LogP contribution in [0.4, 0.5) is 5.69 Å². The van der Waals surface area contributed by atoms with Crippen LogP contribution in [-0.2, 0) is 14.3 Å². The zero-order chi connectivity index (χ0) is 20.4. The number of halogens is 1. The Kier molecular flexibility index (Phi) is 10.1. The summed E-state index contributed by atoms with van der Waals surface area (Å²) in [6, 6.07) is 5.23. The van der Waals surface area contributed by atoms with Gasteiger partial charge in [0.1, 0.15) is 18.0 Å². The molecule has 0 aromatic heterocycles. The van der Waals surface area contributed by atoms with E-state index in [4.69, 9.17) is 25.8 Å². The Bertz CT molecular complexity index is 580. The number of methoxy groups -OCH3 is 1. The summed E-state index contributed by atoms with van der Waals surface area (Å²) in [5.41, 5.74) is -0.224. The van der Waals surface area contributed by atoms with Crippen LogP contribution in [0, 0.1) is 11.8 Å². The predicted octanol–water partition coefficient (Wildman–Crippen LogP) is 5.17. The molecule has 0 unspecified atom stereocenters. The minimum absolute atomic E-state index is 0.129. The Morgan fingerprint density at radius 3 is 2.26 bits per heavy atom. The van der Waals surface area contributed by atoms with Crippen molar-refractivity contribution in [3.05, 3.63) is 23.2 Å². The van der Waals surface area contributed by atoms with Gasteiger partial charge in [0.2, 0.25) is 0 Å². The Hall–Kier alpha value is -1.30. The molecule has 0 aliphatic carbocycles. The third-order valence-electron chi connectivity index (χ3n) is 4.05. The molecule has 0 bridgehead atoms. The lowest BCUT2D eigenvalue weighted by molar-refractivity contribution is -0.146. The zero-order valence-corrected chi connectivity index (χ0v) is 18.2.